The minimum Gasteiger partial charge on any atom is -0.378 e. The van der Waals surface area contributed by atoms with Crippen LogP contribution in [0.1, 0.15) is 24.4 Å². The van der Waals surface area contributed by atoms with Crippen molar-refractivity contribution in [3.63, 3.8) is 0 Å². The standard InChI is InChI=1S/C20H26N4O5/c1-23-18-13(7-9-28-12-14-11-21-8-10-29-14)3-2-4-15(18)24(20(23)27)16-5-6-17(25)22-19(16)26/h2-4,14,16,21H,5-12H2,1H3,(H,22,25,26). The molecule has 0 saturated carbocycles. The minimum absolute atomic E-state index is 0.0671. The van der Waals surface area contributed by atoms with Gasteiger partial charge in [0.1, 0.15) is 6.04 Å². The molecule has 9 nitrogen and oxygen atoms in total. The lowest BCUT2D eigenvalue weighted by Gasteiger charge is -2.23. The van der Waals surface area contributed by atoms with Gasteiger partial charge in [-0.2, -0.15) is 0 Å². The summed E-state index contributed by atoms with van der Waals surface area (Å²) in [6.45, 7) is 3.40. The molecule has 2 N–H and O–H groups in total. The molecule has 0 bridgehead atoms. The molecule has 9 heteroatoms. The summed E-state index contributed by atoms with van der Waals surface area (Å²) in [7, 11) is 1.71. The van der Waals surface area contributed by atoms with Crippen molar-refractivity contribution in [1.29, 1.82) is 0 Å². The van der Waals surface area contributed by atoms with Gasteiger partial charge in [0, 0.05) is 26.6 Å². The van der Waals surface area contributed by atoms with E-state index < -0.39 is 11.9 Å². The molecule has 2 aliphatic rings. The number of imide groups is 1. The molecule has 156 valence electrons. The largest absolute Gasteiger partial charge is 0.378 e. The predicted octanol–water partition coefficient (Wildman–Crippen LogP) is -0.135. The number of carbonyl (C=O) groups is 2. The van der Waals surface area contributed by atoms with Gasteiger partial charge in [-0.05, 0) is 24.5 Å². The van der Waals surface area contributed by atoms with E-state index in [0.717, 1.165) is 24.2 Å². The first-order valence-electron chi connectivity index (χ1n) is 9.99. The van der Waals surface area contributed by atoms with Gasteiger partial charge in [-0.1, -0.05) is 12.1 Å². The Morgan fingerprint density at radius 3 is 2.90 bits per heavy atom. The van der Waals surface area contributed by atoms with Gasteiger partial charge in [-0.25, -0.2) is 4.79 Å². The second-order valence-electron chi connectivity index (χ2n) is 7.49. The Labute approximate surface area is 168 Å². The molecule has 29 heavy (non-hydrogen) atoms. The van der Waals surface area contributed by atoms with Gasteiger partial charge in [0.2, 0.25) is 11.8 Å². The van der Waals surface area contributed by atoms with Crippen LogP contribution in [0.4, 0.5) is 0 Å². The number of amides is 2. The van der Waals surface area contributed by atoms with E-state index in [1.54, 1.807) is 11.6 Å². The number of nitrogens with one attached hydrogen (secondary N) is 2. The number of hydrogen-bond donors (Lipinski definition) is 2. The van der Waals surface area contributed by atoms with Crippen LogP contribution in [-0.2, 0) is 32.5 Å². The predicted molar refractivity (Wildman–Crippen MR) is 106 cm³/mol. The number of hydrogen-bond acceptors (Lipinski definition) is 6. The van der Waals surface area contributed by atoms with E-state index in [4.69, 9.17) is 9.47 Å². The fourth-order valence-corrected chi connectivity index (χ4v) is 4.07. The van der Waals surface area contributed by atoms with Crippen LogP contribution in [0, 0.1) is 0 Å². The zero-order valence-corrected chi connectivity index (χ0v) is 16.5. The smallest absolute Gasteiger partial charge is 0.329 e. The van der Waals surface area contributed by atoms with E-state index >= 15 is 0 Å². The molecule has 2 unspecified atom stereocenters. The van der Waals surface area contributed by atoms with Crippen LogP contribution in [-0.4, -0.2) is 60.0 Å². The van der Waals surface area contributed by atoms with Crippen LogP contribution < -0.4 is 16.3 Å². The molecule has 0 aliphatic carbocycles. The molecular weight excluding hydrogens is 376 g/mol. The summed E-state index contributed by atoms with van der Waals surface area (Å²) in [5.41, 5.74) is 2.21. The van der Waals surface area contributed by atoms with E-state index in [-0.39, 0.29) is 24.1 Å². The number of benzene rings is 1. The average Bonchev–Trinajstić information content (AvgIpc) is 2.98. The number of aromatic nitrogens is 2. The normalized spacial score (nSPS) is 22.8. The summed E-state index contributed by atoms with van der Waals surface area (Å²) in [4.78, 5) is 36.7. The van der Waals surface area contributed by atoms with Gasteiger partial charge in [-0.15, -0.1) is 0 Å². The van der Waals surface area contributed by atoms with Crippen LogP contribution in [0.3, 0.4) is 0 Å². The van der Waals surface area contributed by atoms with Crippen molar-refractivity contribution >= 4 is 22.8 Å². The Morgan fingerprint density at radius 1 is 1.28 bits per heavy atom. The van der Waals surface area contributed by atoms with Crippen molar-refractivity contribution in [1.82, 2.24) is 19.8 Å². The molecule has 2 aliphatic heterocycles. The lowest BCUT2D eigenvalue weighted by Crippen LogP contribution is -2.44. The van der Waals surface area contributed by atoms with Gasteiger partial charge in [-0.3, -0.25) is 24.0 Å². The van der Waals surface area contributed by atoms with Gasteiger partial charge in [0.25, 0.3) is 0 Å². The molecule has 2 fully saturated rings. The van der Waals surface area contributed by atoms with E-state index in [1.807, 2.05) is 18.2 Å². The Balaban J connectivity index is 1.53. The topological polar surface area (TPSA) is 104 Å². The summed E-state index contributed by atoms with van der Waals surface area (Å²) >= 11 is 0. The van der Waals surface area contributed by atoms with Crippen LogP contribution in [0.5, 0.6) is 0 Å². The molecule has 2 saturated heterocycles. The van der Waals surface area contributed by atoms with E-state index in [2.05, 4.69) is 10.6 Å². The molecule has 2 aromatic rings. The maximum Gasteiger partial charge on any atom is 0.329 e. The highest BCUT2D eigenvalue weighted by Gasteiger charge is 2.31. The van der Waals surface area contributed by atoms with Crippen LogP contribution in [0.15, 0.2) is 23.0 Å². The van der Waals surface area contributed by atoms with E-state index in [9.17, 15) is 14.4 Å². The number of imidazole rings is 1. The zero-order chi connectivity index (χ0) is 20.4. The average molecular weight is 402 g/mol. The molecule has 1 aromatic carbocycles. The summed E-state index contributed by atoms with van der Waals surface area (Å²) in [5, 5.41) is 5.60. The van der Waals surface area contributed by atoms with Crippen LogP contribution in [0.25, 0.3) is 11.0 Å². The quantitative estimate of drug-likeness (QED) is 0.515. The van der Waals surface area contributed by atoms with Gasteiger partial charge in [0.15, 0.2) is 0 Å². The zero-order valence-electron chi connectivity index (χ0n) is 16.5. The van der Waals surface area contributed by atoms with E-state index in [0.29, 0.717) is 38.2 Å². The third-order valence-electron chi connectivity index (χ3n) is 5.53. The number of ether oxygens (including phenoxy) is 2. The van der Waals surface area contributed by atoms with Gasteiger partial charge < -0.3 is 14.8 Å². The highest BCUT2D eigenvalue weighted by atomic mass is 16.5. The fourth-order valence-electron chi connectivity index (χ4n) is 4.07. The Bertz CT molecular complexity index is 973. The summed E-state index contributed by atoms with van der Waals surface area (Å²) in [5.74, 6) is -0.722. The number of morpholine rings is 1. The fraction of sp³-hybridized carbons (Fsp3) is 0.550. The van der Waals surface area contributed by atoms with Crippen molar-refractivity contribution in [3.05, 3.63) is 34.2 Å². The monoisotopic (exact) mass is 402 g/mol. The van der Waals surface area contributed by atoms with Crippen molar-refractivity contribution in [2.24, 2.45) is 7.05 Å². The maximum absolute atomic E-state index is 12.9. The molecule has 3 heterocycles. The maximum atomic E-state index is 12.9. The highest BCUT2D eigenvalue weighted by molar-refractivity contribution is 6.00. The molecule has 2 atom stereocenters. The lowest BCUT2D eigenvalue weighted by atomic mass is 10.1. The number of fused-ring (bicyclic) bond motifs is 1. The third kappa shape index (κ3) is 3.98. The number of aryl methyl sites for hydroxylation is 1. The first-order valence-corrected chi connectivity index (χ1v) is 9.99. The number of nitrogens with zero attached hydrogens (tertiary/aromatic N) is 2. The lowest BCUT2D eigenvalue weighted by molar-refractivity contribution is -0.135. The minimum atomic E-state index is -0.675. The highest BCUT2D eigenvalue weighted by Crippen LogP contribution is 2.25. The summed E-state index contributed by atoms with van der Waals surface area (Å²) in [6, 6.07) is 5.02. The Kier molecular flexibility index (Phi) is 5.79. The second-order valence-corrected chi connectivity index (χ2v) is 7.49. The number of carbonyl (C=O) groups excluding carboxylic acids is 2. The molecule has 1 aromatic heterocycles. The van der Waals surface area contributed by atoms with Crippen molar-refractivity contribution in [2.45, 2.75) is 31.4 Å². The van der Waals surface area contributed by atoms with Gasteiger partial charge >= 0.3 is 5.69 Å². The first-order chi connectivity index (χ1) is 14.1. The number of para-hydroxylation sites is 1. The van der Waals surface area contributed by atoms with E-state index in [1.165, 1.54) is 4.57 Å². The number of rotatable bonds is 6. The molecule has 2 amide bonds. The third-order valence-corrected chi connectivity index (χ3v) is 5.53. The Hall–Kier alpha value is -2.49. The van der Waals surface area contributed by atoms with Crippen molar-refractivity contribution in [2.75, 3.05) is 32.9 Å². The molecule has 0 radical (unpaired) electrons. The summed E-state index contributed by atoms with van der Waals surface area (Å²) in [6.07, 6.45) is 1.26. The number of piperidine rings is 1. The van der Waals surface area contributed by atoms with Gasteiger partial charge in [0.05, 0.1) is 37.0 Å². The molecule has 4 rings (SSSR count). The summed E-state index contributed by atoms with van der Waals surface area (Å²) < 4.78 is 14.5. The Morgan fingerprint density at radius 2 is 2.14 bits per heavy atom. The molecular formula is C20H26N4O5. The van der Waals surface area contributed by atoms with Crippen LogP contribution >= 0.6 is 0 Å². The van der Waals surface area contributed by atoms with Crippen molar-refractivity contribution < 1.29 is 19.1 Å². The SMILES string of the molecule is Cn1c(=O)n(C2CCC(=O)NC2=O)c2cccc(CCOCC3CNCCO3)c21. The first kappa shape index (κ1) is 19.8. The van der Waals surface area contributed by atoms with Crippen molar-refractivity contribution in [3.8, 4) is 0 Å². The van der Waals surface area contributed by atoms with Crippen LogP contribution in [0.2, 0.25) is 0 Å². The molecule has 0 spiro atoms. The second kappa shape index (κ2) is 8.48.